The summed E-state index contributed by atoms with van der Waals surface area (Å²) in [6.45, 7) is 5.36. The van der Waals surface area contributed by atoms with Crippen LogP contribution in [0, 0.1) is 0 Å². The molecule has 0 saturated carbocycles. The molecule has 5 heterocycles. The summed E-state index contributed by atoms with van der Waals surface area (Å²) in [6.07, 6.45) is 2.96. The molecule has 54 heavy (non-hydrogen) atoms. The number of phenolic OH excluding ortho intramolecular Hbond substituents is 2. The molecule has 2 atom stereocenters. The number of quaternary nitrogens is 1. The van der Waals surface area contributed by atoms with Crippen molar-refractivity contribution in [3.63, 3.8) is 0 Å². The predicted molar refractivity (Wildman–Crippen MR) is 189 cm³/mol. The number of thiazole rings is 1. The summed E-state index contributed by atoms with van der Waals surface area (Å²) in [5, 5.41) is 56.7. The number of carbonyl (C=O) groups is 4. The number of oxime groups is 1. The topological polar surface area (TPSA) is 272 Å². The Hall–Kier alpha value is -3.99. The van der Waals surface area contributed by atoms with Crippen molar-refractivity contribution in [1.82, 2.24) is 41.1 Å². The number of thioether (sulfide) groups is 1. The van der Waals surface area contributed by atoms with Gasteiger partial charge in [-0.25, -0.2) is 4.98 Å². The molecule has 1 aromatic carbocycles. The Balaban J connectivity index is 0.00000561. The van der Waals surface area contributed by atoms with Crippen molar-refractivity contribution in [2.75, 3.05) is 44.2 Å². The standard InChI is InChI=1S/C31H36ClN11O8S2.Na/c1-31(2,29(49)50)51-39-20(17-14-53-30(33)35-17)26(47)36-21-27(48)42-22(24-37-40-41-38-24)15(13-52-28(21)42)12-43(9-4-3-5-10-43)11-8-34-25(46)16-6-7-18(44)23(45)19(16)32;/h6-7,14,21,28H,3-5,8-13H2,1-2H3,(H7-,33,34,35,36,37,38,39,40,41,44,45,46,47,49,50);/q;+1/p-1/t21-,28-;/m1./s1. The third-order valence-electron chi connectivity index (χ3n) is 9.20. The monoisotopic (exact) mass is 811 g/mol. The van der Waals surface area contributed by atoms with E-state index in [1.54, 1.807) is 0 Å². The number of carboxylic acid groups (broad SMARTS) is 1. The van der Waals surface area contributed by atoms with Crippen molar-refractivity contribution in [2.24, 2.45) is 5.16 Å². The SMILES string of the molecule is CC(C)(O/N=C(\C(=O)N[C@@H]1C(=O)N2C(c3nnn[n-]3)=C(C[N+]3(CCNC(=O)c4ccc(O)c(O)c4Cl)CCCCC3)CS[C@H]12)c1csc(N)n1)C(=O)[O-].[Na+]. The van der Waals surface area contributed by atoms with Crippen LogP contribution >= 0.6 is 34.7 Å². The largest absolute Gasteiger partial charge is 1.00 e. The average Bonchev–Trinajstić information content (AvgIpc) is 3.82. The van der Waals surface area contributed by atoms with Crippen LogP contribution in [0.1, 0.15) is 55.0 Å². The maximum atomic E-state index is 13.9. The Morgan fingerprint density at radius 3 is 2.63 bits per heavy atom. The van der Waals surface area contributed by atoms with Crippen molar-refractivity contribution in [3.8, 4) is 11.5 Å². The van der Waals surface area contributed by atoms with E-state index < -0.39 is 52.2 Å². The van der Waals surface area contributed by atoms with Crippen LogP contribution in [-0.4, -0.2) is 125 Å². The minimum atomic E-state index is -1.88. The normalized spacial score (nSPS) is 19.6. The van der Waals surface area contributed by atoms with Crippen LogP contribution in [0.3, 0.4) is 0 Å². The Labute approximate surface area is 343 Å². The fourth-order valence-electron chi connectivity index (χ4n) is 6.34. The van der Waals surface area contributed by atoms with Crippen molar-refractivity contribution in [2.45, 2.75) is 50.1 Å². The first-order valence-electron chi connectivity index (χ1n) is 16.4. The number of rotatable bonds is 13. The molecule has 2 aromatic heterocycles. The number of hydrogen-bond acceptors (Lipinski definition) is 16. The number of benzene rings is 1. The zero-order valence-electron chi connectivity index (χ0n) is 29.4. The van der Waals surface area contributed by atoms with Gasteiger partial charge in [0.15, 0.2) is 27.9 Å². The summed E-state index contributed by atoms with van der Waals surface area (Å²) in [7, 11) is 0. The van der Waals surface area contributed by atoms with Crippen LogP contribution in [0.15, 0.2) is 28.2 Å². The van der Waals surface area contributed by atoms with Gasteiger partial charge in [0.1, 0.15) is 23.7 Å². The predicted octanol–water partition coefficient (Wildman–Crippen LogP) is -3.57. The third kappa shape index (κ3) is 8.46. The Morgan fingerprint density at radius 1 is 1.24 bits per heavy atom. The van der Waals surface area contributed by atoms with Crippen LogP contribution < -0.4 is 56.1 Å². The number of β-lactam (4-membered cyclic amide) rings is 1. The molecule has 23 heteroatoms. The number of amides is 3. The van der Waals surface area contributed by atoms with Crippen LogP contribution in [-0.2, 0) is 19.2 Å². The van der Waals surface area contributed by atoms with Crippen molar-refractivity contribution in [3.05, 3.63) is 45.2 Å². The molecule has 0 unspecified atom stereocenters. The van der Waals surface area contributed by atoms with E-state index in [2.05, 4.69) is 41.4 Å². The van der Waals surface area contributed by atoms with Gasteiger partial charge in [0.25, 0.3) is 17.7 Å². The Kier molecular flexibility index (Phi) is 12.8. The van der Waals surface area contributed by atoms with Crippen LogP contribution in [0.25, 0.3) is 5.70 Å². The minimum Gasteiger partial charge on any atom is -0.546 e. The number of fused-ring (bicyclic) bond motifs is 1. The fraction of sp³-hybridized carbons (Fsp3) is 0.452. The molecule has 2 saturated heterocycles. The number of hydrogen-bond donors (Lipinski definition) is 5. The van der Waals surface area contributed by atoms with Gasteiger partial charge in [0.2, 0.25) is 0 Å². The van der Waals surface area contributed by atoms with Gasteiger partial charge in [-0.15, -0.1) is 23.1 Å². The molecule has 19 nitrogen and oxygen atoms in total. The molecular weight excluding hydrogens is 777 g/mol. The Bertz CT molecular complexity index is 1990. The van der Waals surface area contributed by atoms with Gasteiger partial charge in [0, 0.05) is 16.7 Å². The van der Waals surface area contributed by atoms with E-state index >= 15 is 0 Å². The number of carboxylic acids is 1. The number of anilines is 1. The molecule has 282 valence electrons. The average molecular weight is 812 g/mol. The zero-order valence-corrected chi connectivity index (χ0v) is 33.8. The summed E-state index contributed by atoms with van der Waals surface area (Å²) < 4.78 is 0.599. The van der Waals surface area contributed by atoms with Crippen molar-refractivity contribution in [1.29, 1.82) is 0 Å². The second-order valence-electron chi connectivity index (χ2n) is 13.2. The molecule has 6 rings (SSSR count). The first kappa shape index (κ1) is 41.2. The number of aromatic hydroxyl groups is 2. The fourth-order valence-corrected chi connectivity index (χ4v) is 8.47. The van der Waals surface area contributed by atoms with Crippen LogP contribution in [0.5, 0.6) is 11.5 Å². The van der Waals surface area contributed by atoms with E-state index in [0.29, 0.717) is 29.0 Å². The van der Waals surface area contributed by atoms with Gasteiger partial charge in [-0.2, -0.15) is 5.21 Å². The van der Waals surface area contributed by atoms with Gasteiger partial charge in [-0.3, -0.25) is 29.6 Å². The van der Waals surface area contributed by atoms with E-state index in [9.17, 15) is 34.5 Å². The number of piperidine rings is 1. The van der Waals surface area contributed by atoms with E-state index in [1.165, 1.54) is 48.0 Å². The molecule has 3 amide bonds. The van der Waals surface area contributed by atoms with Gasteiger partial charge >= 0.3 is 29.6 Å². The van der Waals surface area contributed by atoms with Crippen LogP contribution in [0.4, 0.5) is 5.13 Å². The molecular formula is C31H35ClN11NaO8S2. The van der Waals surface area contributed by atoms with Gasteiger partial charge in [-0.05, 0) is 45.2 Å². The number of halogens is 1. The molecule has 3 aromatic rings. The number of nitrogens with two attached hydrogens (primary N) is 1. The number of nitrogens with zero attached hydrogens (tertiary/aromatic N) is 8. The third-order valence-corrected chi connectivity index (χ3v) is 11.6. The van der Waals surface area contributed by atoms with E-state index in [4.69, 9.17) is 22.2 Å². The molecule has 0 spiro atoms. The van der Waals surface area contributed by atoms with E-state index in [-0.39, 0.29) is 69.0 Å². The quantitative estimate of drug-likeness (QED) is 0.0279. The molecule has 6 N–H and O–H groups in total. The van der Waals surface area contributed by atoms with E-state index in [0.717, 1.165) is 49.3 Å². The number of aliphatic carboxylic acids is 1. The summed E-state index contributed by atoms with van der Waals surface area (Å²) in [6, 6.07) is 1.52. The summed E-state index contributed by atoms with van der Waals surface area (Å²) >= 11 is 8.57. The molecule has 0 aliphatic carbocycles. The first-order valence-corrected chi connectivity index (χ1v) is 18.7. The van der Waals surface area contributed by atoms with Crippen LogP contribution in [0.2, 0.25) is 5.02 Å². The number of aromatic nitrogens is 5. The van der Waals surface area contributed by atoms with Crippen molar-refractivity contribution < 1.29 is 73.4 Å². The number of carbonyl (C=O) groups excluding carboxylic acids is 4. The van der Waals surface area contributed by atoms with Gasteiger partial charge in [0.05, 0.1) is 54.3 Å². The summed E-state index contributed by atoms with van der Waals surface area (Å²) in [5.41, 5.74) is 4.89. The molecule has 2 fully saturated rings. The number of nitrogens with one attached hydrogen (secondary N) is 2. The molecule has 3 aliphatic heterocycles. The number of phenols is 2. The second-order valence-corrected chi connectivity index (χ2v) is 15.6. The number of likely N-dealkylation sites (tertiary alicyclic amines) is 1. The maximum absolute atomic E-state index is 13.9. The van der Waals surface area contributed by atoms with Gasteiger partial charge < -0.3 is 50.9 Å². The minimum absolute atomic E-state index is 0. The molecule has 0 bridgehead atoms. The van der Waals surface area contributed by atoms with E-state index in [1.807, 2.05) is 0 Å². The Morgan fingerprint density at radius 2 is 1.98 bits per heavy atom. The molecule has 3 aliphatic rings. The summed E-state index contributed by atoms with van der Waals surface area (Å²) in [4.78, 5) is 62.6. The van der Waals surface area contributed by atoms with Gasteiger partial charge in [-0.1, -0.05) is 16.8 Å². The first-order chi connectivity index (χ1) is 25.2. The summed E-state index contributed by atoms with van der Waals surface area (Å²) in [5.74, 6) is -3.74. The maximum Gasteiger partial charge on any atom is 1.00 e. The number of nitrogen functional groups attached to an aromatic ring is 1. The zero-order chi connectivity index (χ0) is 38.1. The molecule has 0 radical (unpaired) electrons. The van der Waals surface area contributed by atoms with Crippen molar-refractivity contribution >= 4 is 74.9 Å². The second kappa shape index (κ2) is 16.8. The smallest absolute Gasteiger partial charge is 0.546 e. The number of tetrazole rings is 1.